The van der Waals surface area contributed by atoms with Crippen LogP contribution in [-0.4, -0.2) is 20.9 Å². The van der Waals surface area contributed by atoms with Crippen LogP contribution in [0.2, 0.25) is 0 Å². The van der Waals surface area contributed by atoms with Gasteiger partial charge in [0.15, 0.2) is 0 Å². The maximum Gasteiger partial charge on any atom is 0.230 e. The lowest BCUT2D eigenvalue weighted by Gasteiger charge is -2.06. The highest BCUT2D eigenvalue weighted by Crippen LogP contribution is 2.27. The van der Waals surface area contributed by atoms with E-state index in [1.807, 2.05) is 48.5 Å². The molecule has 0 fully saturated rings. The van der Waals surface area contributed by atoms with E-state index in [0.717, 1.165) is 46.8 Å². The van der Waals surface area contributed by atoms with Gasteiger partial charge in [-0.3, -0.25) is 0 Å². The zero-order chi connectivity index (χ0) is 17.9. The van der Waals surface area contributed by atoms with Gasteiger partial charge in [0.1, 0.15) is 5.75 Å². The molecule has 0 saturated carbocycles. The van der Waals surface area contributed by atoms with Gasteiger partial charge in [-0.1, -0.05) is 55.8 Å². The molecule has 4 rings (SSSR count). The second-order valence-corrected chi connectivity index (χ2v) is 6.38. The third-order valence-electron chi connectivity index (χ3n) is 4.63. The smallest absolute Gasteiger partial charge is 0.230 e. The van der Waals surface area contributed by atoms with Crippen LogP contribution >= 0.6 is 0 Å². The number of aromatic nitrogens is 2. The molecule has 26 heavy (non-hydrogen) atoms. The summed E-state index contributed by atoms with van der Waals surface area (Å²) in [5.74, 6) is 0.899. The maximum absolute atomic E-state index is 10.3. The topological polar surface area (TPSA) is 50.4 Å². The van der Waals surface area contributed by atoms with Crippen molar-refractivity contribution in [2.75, 3.05) is 0 Å². The van der Waals surface area contributed by atoms with E-state index in [9.17, 15) is 5.11 Å². The van der Waals surface area contributed by atoms with E-state index in [1.165, 1.54) is 0 Å². The quantitative estimate of drug-likeness (QED) is 0.490. The average molecular weight is 343 g/mol. The molecule has 1 N–H and O–H groups in total. The van der Waals surface area contributed by atoms with Crippen molar-refractivity contribution in [3.63, 3.8) is 0 Å². The molecule has 4 heteroatoms. The number of unbranched alkanes of at least 4 members (excludes halogenated alkanes) is 1. The number of rotatable bonds is 5. The van der Waals surface area contributed by atoms with Crippen molar-refractivity contribution in [2.45, 2.75) is 26.3 Å². The summed E-state index contributed by atoms with van der Waals surface area (Å²) in [7, 11) is 0. The molecule has 0 radical (unpaired) electrons. The number of aromatic hydroxyl groups is 1. The fraction of sp³-hybridized carbons (Fsp3) is 0.182. The predicted molar refractivity (Wildman–Crippen MR) is 108 cm³/mol. The van der Waals surface area contributed by atoms with Gasteiger partial charge in [0, 0.05) is 18.3 Å². The lowest BCUT2D eigenvalue weighted by molar-refractivity contribution is 0.475. The number of hydrogen-bond donors (Lipinski definition) is 1. The van der Waals surface area contributed by atoms with E-state index < -0.39 is 0 Å². The Bertz CT molecular complexity index is 1100. The van der Waals surface area contributed by atoms with Crippen molar-refractivity contribution >= 4 is 34.0 Å². The Morgan fingerprint density at radius 3 is 2.73 bits per heavy atom. The molecule has 0 aliphatic carbocycles. The molecule has 3 aromatic carbocycles. The molecule has 0 amide bonds. The third-order valence-corrected chi connectivity index (χ3v) is 4.63. The molecule has 0 bridgehead atoms. The Hall–Kier alpha value is -3.14. The second-order valence-electron chi connectivity index (χ2n) is 6.38. The first kappa shape index (κ1) is 16.3. The van der Waals surface area contributed by atoms with Gasteiger partial charge < -0.3 is 9.67 Å². The van der Waals surface area contributed by atoms with Crippen LogP contribution in [0.4, 0.5) is 5.95 Å². The van der Waals surface area contributed by atoms with Crippen molar-refractivity contribution < 1.29 is 5.11 Å². The Morgan fingerprint density at radius 2 is 1.85 bits per heavy atom. The number of imidazole rings is 1. The molecule has 4 nitrogen and oxygen atoms in total. The zero-order valence-electron chi connectivity index (χ0n) is 14.8. The van der Waals surface area contributed by atoms with Gasteiger partial charge in [0.25, 0.3) is 0 Å². The molecule has 4 aromatic rings. The van der Waals surface area contributed by atoms with Crippen molar-refractivity contribution in [1.82, 2.24) is 9.55 Å². The lowest BCUT2D eigenvalue weighted by atomic mass is 10.0. The SMILES string of the molecule is CCCCn1c(N=Cc2c(O)ccc3ccccc23)nc2ccccc21. The number of benzene rings is 3. The van der Waals surface area contributed by atoms with E-state index in [2.05, 4.69) is 27.5 Å². The number of hydrogen-bond acceptors (Lipinski definition) is 3. The summed E-state index contributed by atoms with van der Waals surface area (Å²) in [6.45, 7) is 3.06. The monoisotopic (exact) mass is 343 g/mol. The molecular weight excluding hydrogens is 322 g/mol. The third kappa shape index (κ3) is 2.94. The molecule has 0 atom stereocenters. The normalized spacial score (nSPS) is 11.7. The number of aryl methyl sites for hydroxylation is 1. The Balaban J connectivity index is 1.81. The second kappa shape index (κ2) is 7.00. The highest BCUT2D eigenvalue weighted by molar-refractivity contribution is 6.03. The predicted octanol–water partition coefficient (Wildman–Crippen LogP) is 5.45. The zero-order valence-corrected chi connectivity index (χ0v) is 14.8. The minimum atomic E-state index is 0.226. The van der Waals surface area contributed by atoms with Crippen molar-refractivity contribution in [2.24, 2.45) is 4.99 Å². The molecular formula is C22H21N3O. The molecule has 1 heterocycles. The number of nitrogens with zero attached hydrogens (tertiary/aromatic N) is 3. The summed E-state index contributed by atoms with van der Waals surface area (Å²) in [4.78, 5) is 9.32. The van der Waals surface area contributed by atoms with Crippen LogP contribution in [0, 0.1) is 0 Å². The largest absolute Gasteiger partial charge is 0.507 e. The minimum Gasteiger partial charge on any atom is -0.507 e. The molecule has 0 saturated heterocycles. The van der Waals surface area contributed by atoms with Gasteiger partial charge in [0.2, 0.25) is 5.95 Å². The Labute approximate surface area is 152 Å². The van der Waals surface area contributed by atoms with Crippen molar-refractivity contribution in [3.8, 4) is 5.75 Å². The fourth-order valence-corrected chi connectivity index (χ4v) is 3.24. The van der Waals surface area contributed by atoms with Gasteiger partial charge in [-0.2, -0.15) is 0 Å². The summed E-state index contributed by atoms with van der Waals surface area (Å²) < 4.78 is 2.15. The van der Waals surface area contributed by atoms with Crippen molar-refractivity contribution in [1.29, 1.82) is 0 Å². The highest BCUT2D eigenvalue weighted by atomic mass is 16.3. The summed E-state index contributed by atoms with van der Waals surface area (Å²) in [5, 5.41) is 12.4. The summed E-state index contributed by atoms with van der Waals surface area (Å²) in [5.41, 5.74) is 2.75. The first-order valence-corrected chi connectivity index (χ1v) is 8.98. The van der Waals surface area contributed by atoms with Crippen LogP contribution in [0.1, 0.15) is 25.3 Å². The molecule has 0 aliphatic rings. The molecule has 0 aliphatic heterocycles. The van der Waals surface area contributed by atoms with Crippen LogP contribution < -0.4 is 0 Å². The Morgan fingerprint density at radius 1 is 1.04 bits per heavy atom. The van der Waals surface area contributed by atoms with Crippen LogP contribution in [0.5, 0.6) is 5.75 Å². The van der Waals surface area contributed by atoms with Crippen LogP contribution in [0.25, 0.3) is 21.8 Å². The summed E-state index contributed by atoms with van der Waals surface area (Å²) in [6.07, 6.45) is 3.91. The minimum absolute atomic E-state index is 0.226. The van der Waals surface area contributed by atoms with Gasteiger partial charge in [-0.25, -0.2) is 9.98 Å². The van der Waals surface area contributed by atoms with Gasteiger partial charge in [-0.15, -0.1) is 0 Å². The number of phenolic OH excluding ortho intramolecular Hbond substituents is 1. The lowest BCUT2D eigenvalue weighted by Crippen LogP contribution is -1.97. The molecule has 0 unspecified atom stereocenters. The van der Waals surface area contributed by atoms with Gasteiger partial charge in [-0.05, 0) is 35.4 Å². The van der Waals surface area contributed by atoms with Gasteiger partial charge in [0.05, 0.1) is 11.0 Å². The number of fused-ring (bicyclic) bond motifs is 2. The van der Waals surface area contributed by atoms with E-state index in [0.29, 0.717) is 5.95 Å². The molecule has 130 valence electrons. The van der Waals surface area contributed by atoms with Crippen LogP contribution in [0.15, 0.2) is 65.7 Å². The van der Waals surface area contributed by atoms with E-state index >= 15 is 0 Å². The molecule has 0 spiro atoms. The highest BCUT2D eigenvalue weighted by Gasteiger charge is 2.10. The number of para-hydroxylation sites is 2. The van der Waals surface area contributed by atoms with Gasteiger partial charge >= 0.3 is 0 Å². The summed E-state index contributed by atoms with van der Waals surface area (Å²) >= 11 is 0. The standard InChI is InChI=1S/C22H21N3O/c1-2-3-14-25-20-11-7-6-10-19(20)24-22(25)23-15-18-17-9-5-4-8-16(17)12-13-21(18)26/h4-13,15,26H,2-3,14H2,1H3. The average Bonchev–Trinajstić information content (AvgIpc) is 3.03. The summed E-state index contributed by atoms with van der Waals surface area (Å²) in [6, 6.07) is 19.7. The number of aliphatic imine (C=N–C) groups is 1. The van der Waals surface area contributed by atoms with Crippen molar-refractivity contribution in [3.05, 3.63) is 66.2 Å². The molecule has 1 aromatic heterocycles. The number of phenols is 1. The van der Waals surface area contributed by atoms with E-state index in [1.54, 1.807) is 12.3 Å². The Kier molecular flexibility index (Phi) is 4.40. The maximum atomic E-state index is 10.3. The first-order valence-electron chi connectivity index (χ1n) is 8.98. The van der Waals surface area contributed by atoms with E-state index in [4.69, 9.17) is 0 Å². The van der Waals surface area contributed by atoms with Crippen LogP contribution in [-0.2, 0) is 6.54 Å². The first-order chi connectivity index (χ1) is 12.8. The fourth-order valence-electron chi connectivity index (χ4n) is 3.24. The van der Waals surface area contributed by atoms with Crippen LogP contribution in [0.3, 0.4) is 0 Å². The van der Waals surface area contributed by atoms with E-state index in [-0.39, 0.29) is 5.75 Å².